The molecule has 0 radical (unpaired) electrons. The lowest BCUT2D eigenvalue weighted by molar-refractivity contribution is -0.0690. The lowest BCUT2D eigenvalue weighted by atomic mass is 9.75. The van der Waals surface area contributed by atoms with Crippen LogP contribution in [0.5, 0.6) is 5.75 Å². The molecule has 0 amide bonds. The molecule has 1 unspecified atom stereocenters. The van der Waals surface area contributed by atoms with E-state index in [9.17, 15) is 0 Å². The fraction of sp³-hybridized carbons (Fsp3) is 0.647. The zero-order valence-corrected chi connectivity index (χ0v) is 13.7. The quantitative estimate of drug-likeness (QED) is 0.646. The van der Waals surface area contributed by atoms with Crippen LogP contribution in [0.1, 0.15) is 54.8 Å². The fourth-order valence-electron chi connectivity index (χ4n) is 3.63. The third-order valence-electron chi connectivity index (χ3n) is 4.89. The maximum Gasteiger partial charge on any atom is 0.122 e. The average Bonchev–Trinajstić information content (AvgIpc) is 2.51. The molecule has 2 rings (SSSR count). The van der Waals surface area contributed by atoms with Crippen molar-refractivity contribution in [3.8, 4) is 5.75 Å². The number of nitrogens with two attached hydrogens (primary N) is 1. The summed E-state index contributed by atoms with van der Waals surface area (Å²) >= 11 is 0. The summed E-state index contributed by atoms with van der Waals surface area (Å²) in [5.41, 5.74) is 6.33. The predicted octanol–water partition coefficient (Wildman–Crippen LogP) is 3.17. The van der Waals surface area contributed by atoms with Crippen LogP contribution in [-0.2, 0) is 4.74 Å². The Morgan fingerprint density at radius 2 is 1.76 bits per heavy atom. The molecule has 1 atom stereocenters. The van der Waals surface area contributed by atoms with Crippen molar-refractivity contribution in [3.05, 3.63) is 28.8 Å². The van der Waals surface area contributed by atoms with Crippen LogP contribution in [-0.4, -0.2) is 19.8 Å². The lowest BCUT2D eigenvalue weighted by Crippen LogP contribution is -2.49. The van der Waals surface area contributed by atoms with E-state index >= 15 is 0 Å². The number of nitrogens with one attached hydrogen (secondary N) is 1. The number of aryl methyl sites for hydroxylation is 2. The molecule has 3 N–H and O–H groups in total. The van der Waals surface area contributed by atoms with Crippen molar-refractivity contribution in [2.75, 3.05) is 14.2 Å². The highest BCUT2D eigenvalue weighted by molar-refractivity contribution is 5.43. The number of hydrogen-bond donors (Lipinski definition) is 2. The van der Waals surface area contributed by atoms with Crippen molar-refractivity contribution < 1.29 is 9.47 Å². The Bertz CT molecular complexity index is 482. The molecule has 4 nitrogen and oxygen atoms in total. The second kappa shape index (κ2) is 6.77. The van der Waals surface area contributed by atoms with Gasteiger partial charge < -0.3 is 9.47 Å². The summed E-state index contributed by atoms with van der Waals surface area (Å²) in [6, 6.07) is 4.27. The highest BCUT2D eigenvalue weighted by atomic mass is 16.5. The zero-order valence-electron chi connectivity index (χ0n) is 13.7. The van der Waals surface area contributed by atoms with Gasteiger partial charge in [0.25, 0.3) is 0 Å². The molecule has 0 aromatic heterocycles. The zero-order chi connectivity index (χ0) is 15.5. The molecule has 1 aliphatic carbocycles. The van der Waals surface area contributed by atoms with Crippen LogP contribution in [0.3, 0.4) is 0 Å². The van der Waals surface area contributed by atoms with Gasteiger partial charge in [0.15, 0.2) is 0 Å². The third-order valence-corrected chi connectivity index (χ3v) is 4.89. The molecular formula is C17H28N2O2. The number of hydrazine groups is 1. The molecule has 1 aromatic rings. The van der Waals surface area contributed by atoms with Crippen molar-refractivity contribution in [2.24, 2.45) is 5.84 Å². The number of ether oxygens (including phenoxy) is 2. The summed E-state index contributed by atoms with van der Waals surface area (Å²) in [5, 5.41) is 0. The van der Waals surface area contributed by atoms with Crippen LogP contribution < -0.4 is 16.0 Å². The molecule has 0 aliphatic heterocycles. The summed E-state index contributed by atoms with van der Waals surface area (Å²) < 4.78 is 11.4. The van der Waals surface area contributed by atoms with Gasteiger partial charge in [0, 0.05) is 7.11 Å². The molecule has 1 aliphatic rings. The second-order valence-corrected chi connectivity index (χ2v) is 6.11. The van der Waals surface area contributed by atoms with E-state index in [4.69, 9.17) is 15.3 Å². The Kier molecular flexibility index (Phi) is 5.25. The van der Waals surface area contributed by atoms with E-state index in [0.29, 0.717) is 0 Å². The van der Waals surface area contributed by atoms with Gasteiger partial charge >= 0.3 is 0 Å². The smallest absolute Gasteiger partial charge is 0.122 e. The van der Waals surface area contributed by atoms with E-state index in [1.165, 1.54) is 30.4 Å². The molecule has 0 spiro atoms. The van der Waals surface area contributed by atoms with Crippen LogP contribution in [0.25, 0.3) is 0 Å². The molecule has 0 bridgehead atoms. The van der Waals surface area contributed by atoms with E-state index in [0.717, 1.165) is 24.2 Å². The first-order valence-corrected chi connectivity index (χ1v) is 7.74. The van der Waals surface area contributed by atoms with Crippen molar-refractivity contribution in [1.82, 2.24) is 5.43 Å². The van der Waals surface area contributed by atoms with E-state index < -0.39 is 0 Å². The number of benzene rings is 1. The predicted molar refractivity (Wildman–Crippen MR) is 85.4 cm³/mol. The Morgan fingerprint density at radius 3 is 2.29 bits per heavy atom. The summed E-state index contributed by atoms with van der Waals surface area (Å²) in [4.78, 5) is 0. The minimum absolute atomic E-state index is 0.00686. The van der Waals surface area contributed by atoms with E-state index in [-0.39, 0.29) is 11.6 Å². The van der Waals surface area contributed by atoms with Crippen LogP contribution in [0.15, 0.2) is 12.1 Å². The van der Waals surface area contributed by atoms with Gasteiger partial charge in [-0.2, -0.15) is 0 Å². The average molecular weight is 292 g/mol. The summed E-state index contributed by atoms with van der Waals surface area (Å²) in [7, 11) is 3.51. The topological polar surface area (TPSA) is 56.5 Å². The van der Waals surface area contributed by atoms with Gasteiger partial charge in [-0.3, -0.25) is 11.3 Å². The maximum atomic E-state index is 5.96. The van der Waals surface area contributed by atoms with Gasteiger partial charge in [0.05, 0.1) is 18.8 Å². The highest BCUT2D eigenvalue weighted by Gasteiger charge is 2.41. The van der Waals surface area contributed by atoms with Crippen LogP contribution in [0.2, 0.25) is 0 Å². The molecule has 1 fully saturated rings. The van der Waals surface area contributed by atoms with Crippen molar-refractivity contribution in [3.63, 3.8) is 0 Å². The van der Waals surface area contributed by atoms with E-state index in [2.05, 4.69) is 31.4 Å². The largest absolute Gasteiger partial charge is 0.496 e. The van der Waals surface area contributed by atoms with Gasteiger partial charge in [-0.25, -0.2) is 0 Å². The molecule has 0 saturated heterocycles. The minimum atomic E-state index is -0.210. The molecule has 118 valence electrons. The molecule has 1 aromatic carbocycles. The van der Waals surface area contributed by atoms with E-state index in [1.807, 2.05) is 0 Å². The monoisotopic (exact) mass is 292 g/mol. The first-order valence-electron chi connectivity index (χ1n) is 7.74. The summed E-state index contributed by atoms with van der Waals surface area (Å²) in [6.07, 6.45) is 5.76. The van der Waals surface area contributed by atoms with Crippen LogP contribution in [0, 0.1) is 13.8 Å². The van der Waals surface area contributed by atoms with Gasteiger partial charge in [0.1, 0.15) is 5.75 Å². The normalized spacial score (nSPS) is 19.3. The number of methoxy groups -OCH3 is 2. The molecule has 4 heteroatoms. The van der Waals surface area contributed by atoms with Gasteiger partial charge in [-0.1, -0.05) is 25.3 Å². The number of hydrogen-bond acceptors (Lipinski definition) is 4. The van der Waals surface area contributed by atoms with Crippen LogP contribution in [0.4, 0.5) is 0 Å². The third kappa shape index (κ3) is 3.07. The molecule has 21 heavy (non-hydrogen) atoms. The summed E-state index contributed by atoms with van der Waals surface area (Å²) in [5.74, 6) is 6.84. The van der Waals surface area contributed by atoms with E-state index in [1.54, 1.807) is 14.2 Å². The first kappa shape index (κ1) is 16.3. The fourth-order valence-corrected chi connectivity index (χ4v) is 3.63. The second-order valence-electron chi connectivity index (χ2n) is 6.11. The molecule has 0 heterocycles. The minimum Gasteiger partial charge on any atom is -0.496 e. The van der Waals surface area contributed by atoms with Crippen LogP contribution >= 0.6 is 0 Å². The Hall–Kier alpha value is -1.10. The standard InChI is InChI=1S/C17H28N2O2/c1-12-11-15(20-3)13(2)10-14(12)16(19-18)17(21-4)8-6-5-7-9-17/h10-11,16,19H,5-9,18H2,1-4H3. The van der Waals surface area contributed by atoms with Gasteiger partial charge in [0.2, 0.25) is 0 Å². The van der Waals surface area contributed by atoms with Crippen molar-refractivity contribution in [1.29, 1.82) is 0 Å². The maximum absolute atomic E-state index is 5.96. The highest BCUT2D eigenvalue weighted by Crippen LogP contribution is 2.42. The molecular weight excluding hydrogens is 264 g/mol. The Balaban J connectivity index is 2.43. The van der Waals surface area contributed by atoms with Crippen molar-refractivity contribution in [2.45, 2.75) is 57.6 Å². The SMILES string of the molecule is COc1cc(C)c(C(NN)C2(OC)CCCCC2)cc1C. The Labute approximate surface area is 128 Å². The van der Waals surface area contributed by atoms with Gasteiger partial charge in [-0.05, 0) is 49.4 Å². The van der Waals surface area contributed by atoms with Crippen molar-refractivity contribution >= 4 is 0 Å². The first-order chi connectivity index (χ1) is 10.1. The molecule has 1 saturated carbocycles. The lowest BCUT2D eigenvalue weighted by Gasteiger charge is -2.43. The Morgan fingerprint density at radius 1 is 1.10 bits per heavy atom. The van der Waals surface area contributed by atoms with Gasteiger partial charge in [-0.15, -0.1) is 0 Å². The number of rotatable bonds is 5. The summed E-state index contributed by atoms with van der Waals surface area (Å²) in [6.45, 7) is 4.17.